The van der Waals surface area contributed by atoms with E-state index in [1.807, 2.05) is 6.07 Å². The van der Waals surface area contributed by atoms with Crippen molar-refractivity contribution in [3.8, 4) is 0 Å². The highest BCUT2D eigenvalue weighted by Crippen LogP contribution is 2.38. The Labute approximate surface area is 116 Å². The van der Waals surface area contributed by atoms with Crippen LogP contribution >= 0.6 is 23.2 Å². The van der Waals surface area contributed by atoms with E-state index in [9.17, 15) is 4.79 Å². The van der Waals surface area contributed by atoms with E-state index in [0.717, 1.165) is 42.4 Å². The fourth-order valence-electron chi connectivity index (χ4n) is 2.32. The largest absolute Gasteiger partial charge is 0.350 e. The highest BCUT2D eigenvalue weighted by atomic mass is 35.5. The predicted molar refractivity (Wildman–Crippen MR) is 73.9 cm³/mol. The molecule has 94 valence electrons. The molecule has 0 heterocycles. The molecule has 1 aromatic rings. The summed E-state index contributed by atoms with van der Waals surface area (Å²) in [5.74, 6) is -0.00329. The molecular weight excluding hydrogens is 269 g/mol. The maximum absolute atomic E-state index is 11.8. The van der Waals surface area contributed by atoms with Crippen LogP contribution in [0.4, 0.5) is 0 Å². The second-order valence-corrected chi connectivity index (χ2v) is 5.71. The third-order valence-corrected chi connectivity index (χ3v) is 3.94. The molecule has 1 amide bonds. The molecule has 2 aliphatic carbocycles. The molecule has 1 aromatic carbocycles. The Bertz CT molecular complexity index is 547. The third-order valence-electron chi connectivity index (χ3n) is 3.38. The van der Waals surface area contributed by atoms with Gasteiger partial charge in [0.2, 0.25) is 5.91 Å². The molecular formula is C14H13Cl2NO. The van der Waals surface area contributed by atoms with Gasteiger partial charge in [-0.3, -0.25) is 4.79 Å². The molecule has 2 nitrogen and oxygen atoms in total. The van der Waals surface area contributed by atoms with E-state index in [1.54, 1.807) is 12.1 Å². The van der Waals surface area contributed by atoms with Gasteiger partial charge in [0.25, 0.3) is 0 Å². The second-order valence-electron chi connectivity index (χ2n) is 4.87. The first-order chi connectivity index (χ1) is 8.63. The molecule has 0 unspecified atom stereocenters. The molecule has 1 N–H and O–H groups in total. The maximum Gasteiger partial charge on any atom is 0.244 e. The van der Waals surface area contributed by atoms with Crippen LogP contribution in [0.15, 0.2) is 18.2 Å². The summed E-state index contributed by atoms with van der Waals surface area (Å²) < 4.78 is 0. The summed E-state index contributed by atoms with van der Waals surface area (Å²) >= 11 is 12.2. The summed E-state index contributed by atoms with van der Waals surface area (Å²) in [7, 11) is 0. The normalized spacial score (nSPS) is 20.0. The zero-order valence-corrected chi connectivity index (χ0v) is 11.3. The lowest BCUT2D eigenvalue weighted by Crippen LogP contribution is -2.23. The zero-order chi connectivity index (χ0) is 12.7. The number of carbonyl (C=O) groups is 1. The topological polar surface area (TPSA) is 29.1 Å². The van der Waals surface area contributed by atoms with Crippen LogP contribution in [-0.4, -0.2) is 11.9 Å². The van der Waals surface area contributed by atoms with Crippen molar-refractivity contribution in [2.45, 2.75) is 31.7 Å². The SMILES string of the molecule is O=C(/C=C1\CCc2c(Cl)cc(Cl)cc21)NC1CC1. The summed E-state index contributed by atoms with van der Waals surface area (Å²) in [6, 6.07) is 4.04. The van der Waals surface area contributed by atoms with Crippen LogP contribution in [0.25, 0.3) is 5.57 Å². The van der Waals surface area contributed by atoms with E-state index in [2.05, 4.69) is 5.32 Å². The van der Waals surface area contributed by atoms with E-state index >= 15 is 0 Å². The Morgan fingerprint density at radius 2 is 2.06 bits per heavy atom. The zero-order valence-electron chi connectivity index (χ0n) is 9.80. The van der Waals surface area contributed by atoms with Crippen LogP contribution in [0, 0.1) is 0 Å². The number of benzene rings is 1. The van der Waals surface area contributed by atoms with E-state index < -0.39 is 0 Å². The molecule has 0 spiro atoms. The Morgan fingerprint density at radius 3 is 2.78 bits per heavy atom. The fraction of sp³-hybridized carbons (Fsp3) is 0.357. The highest BCUT2D eigenvalue weighted by Gasteiger charge is 2.24. The van der Waals surface area contributed by atoms with Crippen LogP contribution in [-0.2, 0) is 11.2 Å². The first-order valence-corrected chi connectivity index (χ1v) is 6.88. The van der Waals surface area contributed by atoms with Crippen LogP contribution < -0.4 is 5.32 Å². The maximum atomic E-state index is 11.8. The van der Waals surface area contributed by atoms with Crippen molar-refractivity contribution in [2.24, 2.45) is 0 Å². The van der Waals surface area contributed by atoms with E-state index in [4.69, 9.17) is 23.2 Å². The van der Waals surface area contributed by atoms with Gasteiger partial charge in [-0.2, -0.15) is 0 Å². The van der Waals surface area contributed by atoms with Crippen molar-refractivity contribution >= 4 is 34.7 Å². The monoisotopic (exact) mass is 281 g/mol. The molecule has 3 rings (SSSR count). The number of allylic oxidation sites excluding steroid dienone is 1. The summed E-state index contributed by atoms with van der Waals surface area (Å²) in [5, 5.41) is 4.28. The molecule has 0 radical (unpaired) electrons. The number of amides is 1. The van der Waals surface area contributed by atoms with Crippen molar-refractivity contribution < 1.29 is 4.79 Å². The Hall–Kier alpha value is -0.990. The minimum atomic E-state index is -0.00329. The van der Waals surface area contributed by atoms with Crippen LogP contribution in [0.2, 0.25) is 10.0 Å². The van der Waals surface area contributed by atoms with Gasteiger partial charge in [-0.1, -0.05) is 23.2 Å². The van der Waals surface area contributed by atoms with Gasteiger partial charge >= 0.3 is 0 Å². The smallest absolute Gasteiger partial charge is 0.244 e. The van der Waals surface area contributed by atoms with Gasteiger partial charge in [0.15, 0.2) is 0 Å². The minimum Gasteiger partial charge on any atom is -0.350 e. The Morgan fingerprint density at radius 1 is 1.28 bits per heavy atom. The first kappa shape index (κ1) is 12.1. The predicted octanol–water partition coefficient (Wildman–Crippen LogP) is 3.60. The van der Waals surface area contributed by atoms with Crippen LogP contribution in [0.5, 0.6) is 0 Å². The van der Waals surface area contributed by atoms with Crippen LogP contribution in [0.1, 0.15) is 30.4 Å². The molecule has 1 saturated carbocycles. The average Bonchev–Trinajstić information content (AvgIpc) is 3.01. The summed E-state index contributed by atoms with van der Waals surface area (Å²) in [6.45, 7) is 0. The Kier molecular flexibility index (Phi) is 3.08. The second kappa shape index (κ2) is 4.60. The fourth-order valence-corrected chi connectivity index (χ4v) is 2.91. The number of hydrogen-bond acceptors (Lipinski definition) is 1. The molecule has 4 heteroatoms. The standard InChI is InChI=1S/C14H13Cl2NO/c15-9-6-12-8(1-4-11(12)13(16)7-9)5-14(18)17-10-2-3-10/h5-7,10H,1-4H2,(H,17,18)/b8-5+. The minimum absolute atomic E-state index is 0.00329. The lowest BCUT2D eigenvalue weighted by Gasteiger charge is -2.04. The van der Waals surface area contributed by atoms with Crippen molar-refractivity contribution in [1.29, 1.82) is 0 Å². The van der Waals surface area contributed by atoms with Crippen molar-refractivity contribution in [3.63, 3.8) is 0 Å². The van der Waals surface area contributed by atoms with Gasteiger partial charge in [-0.15, -0.1) is 0 Å². The number of rotatable bonds is 2. The molecule has 0 atom stereocenters. The van der Waals surface area contributed by atoms with Crippen molar-refractivity contribution in [1.82, 2.24) is 5.32 Å². The van der Waals surface area contributed by atoms with Gasteiger partial charge in [0, 0.05) is 22.2 Å². The average molecular weight is 282 g/mol. The molecule has 18 heavy (non-hydrogen) atoms. The number of halogens is 2. The number of fused-ring (bicyclic) bond motifs is 1. The van der Waals surface area contributed by atoms with E-state index in [1.165, 1.54) is 0 Å². The lowest BCUT2D eigenvalue weighted by atomic mass is 10.1. The molecule has 0 bridgehead atoms. The first-order valence-electron chi connectivity index (χ1n) is 6.13. The molecule has 1 fully saturated rings. The van der Waals surface area contributed by atoms with Gasteiger partial charge in [-0.25, -0.2) is 0 Å². The highest BCUT2D eigenvalue weighted by molar-refractivity contribution is 6.35. The Balaban J connectivity index is 1.88. The quantitative estimate of drug-likeness (QED) is 0.825. The van der Waals surface area contributed by atoms with Gasteiger partial charge in [-0.05, 0) is 54.5 Å². The number of nitrogens with one attached hydrogen (secondary N) is 1. The van der Waals surface area contributed by atoms with E-state index in [0.29, 0.717) is 16.1 Å². The van der Waals surface area contributed by atoms with Gasteiger partial charge < -0.3 is 5.32 Å². The van der Waals surface area contributed by atoms with E-state index in [-0.39, 0.29) is 5.91 Å². The number of hydrogen-bond donors (Lipinski definition) is 1. The summed E-state index contributed by atoms with van der Waals surface area (Å²) in [5.41, 5.74) is 3.16. The van der Waals surface area contributed by atoms with Crippen molar-refractivity contribution in [3.05, 3.63) is 39.4 Å². The molecule has 0 saturated heterocycles. The van der Waals surface area contributed by atoms with Gasteiger partial charge in [0.05, 0.1) is 0 Å². The van der Waals surface area contributed by atoms with Crippen molar-refractivity contribution in [2.75, 3.05) is 0 Å². The number of carbonyl (C=O) groups excluding carboxylic acids is 1. The molecule has 2 aliphatic rings. The van der Waals surface area contributed by atoms with Crippen LogP contribution in [0.3, 0.4) is 0 Å². The molecule has 0 aliphatic heterocycles. The molecule has 0 aromatic heterocycles. The lowest BCUT2D eigenvalue weighted by molar-refractivity contribution is -0.116. The van der Waals surface area contributed by atoms with Gasteiger partial charge in [0.1, 0.15) is 0 Å². The summed E-state index contributed by atoms with van der Waals surface area (Å²) in [4.78, 5) is 11.8. The third kappa shape index (κ3) is 2.40. The summed E-state index contributed by atoms with van der Waals surface area (Å²) in [6.07, 6.45) is 5.63.